The maximum atomic E-state index is 13.3. The number of nitrogens with two attached hydrogens (primary N) is 1. The third-order valence-corrected chi connectivity index (χ3v) is 6.97. The molecule has 2 aliphatic heterocycles. The number of hydrazone groups is 1. The molecule has 1 saturated heterocycles. The first-order chi connectivity index (χ1) is 15.4. The normalized spacial score (nSPS) is 26.5. The number of carbonyl (C=O) groups is 2. The van der Waals surface area contributed by atoms with E-state index in [4.69, 9.17) is 10.6 Å². The summed E-state index contributed by atoms with van der Waals surface area (Å²) < 4.78 is 5.11. The van der Waals surface area contributed by atoms with Crippen LogP contribution in [0.4, 0.5) is 5.82 Å². The predicted octanol–water partition coefficient (Wildman–Crippen LogP) is 2.49. The molecule has 1 aromatic rings. The van der Waals surface area contributed by atoms with E-state index in [0.717, 1.165) is 56.2 Å². The van der Waals surface area contributed by atoms with Gasteiger partial charge in [-0.05, 0) is 57.7 Å². The summed E-state index contributed by atoms with van der Waals surface area (Å²) in [7, 11) is 2.12. The molecule has 0 radical (unpaired) electrons. The van der Waals surface area contributed by atoms with Crippen molar-refractivity contribution in [2.24, 2.45) is 26.6 Å². The Morgan fingerprint density at radius 3 is 2.72 bits per heavy atom. The van der Waals surface area contributed by atoms with Crippen molar-refractivity contribution in [3.8, 4) is 0 Å². The molecule has 2 fully saturated rings. The van der Waals surface area contributed by atoms with E-state index in [-0.39, 0.29) is 23.9 Å². The van der Waals surface area contributed by atoms with Crippen molar-refractivity contribution < 1.29 is 14.3 Å². The summed E-state index contributed by atoms with van der Waals surface area (Å²) in [5.41, 5.74) is 2.12. The molecule has 4 rings (SSSR count). The van der Waals surface area contributed by atoms with Crippen LogP contribution in [0.2, 0.25) is 0 Å². The number of nitrogens with zero attached hydrogens (tertiary/aromatic N) is 6. The number of aromatic nitrogens is 1. The fraction of sp³-hybridized carbons (Fsp3) is 0.545. The fourth-order valence-electron chi connectivity index (χ4n) is 4.99. The van der Waals surface area contributed by atoms with Gasteiger partial charge >= 0.3 is 5.97 Å². The predicted molar refractivity (Wildman–Crippen MR) is 118 cm³/mol. The highest BCUT2D eigenvalue weighted by Crippen LogP contribution is 2.47. The minimum absolute atomic E-state index is 0.167. The second-order valence-electron chi connectivity index (χ2n) is 8.79. The van der Waals surface area contributed by atoms with Crippen LogP contribution >= 0.6 is 0 Å². The highest BCUT2D eigenvalue weighted by molar-refractivity contribution is 5.94. The van der Waals surface area contributed by atoms with Gasteiger partial charge in [0.15, 0.2) is 12.2 Å². The molecule has 3 heterocycles. The van der Waals surface area contributed by atoms with Crippen molar-refractivity contribution in [3.05, 3.63) is 35.2 Å². The van der Waals surface area contributed by atoms with Crippen LogP contribution in [0.5, 0.6) is 0 Å². The maximum absolute atomic E-state index is 13.3. The summed E-state index contributed by atoms with van der Waals surface area (Å²) in [6.45, 7) is 3.41. The Hall–Kier alpha value is -3.14. The minimum atomic E-state index is -0.311. The Morgan fingerprint density at radius 2 is 2.09 bits per heavy atom. The zero-order valence-corrected chi connectivity index (χ0v) is 18.5. The monoisotopic (exact) mass is 439 g/mol. The number of pyridine rings is 1. The number of azo groups is 1. The lowest BCUT2D eigenvalue weighted by Gasteiger charge is -2.39. The summed E-state index contributed by atoms with van der Waals surface area (Å²) in [4.78, 5) is 33.4. The van der Waals surface area contributed by atoms with Gasteiger partial charge in [-0.3, -0.25) is 9.69 Å². The van der Waals surface area contributed by atoms with E-state index in [0.29, 0.717) is 24.0 Å². The molecule has 0 bridgehead atoms. The molecule has 170 valence electrons. The minimum Gasteiger partial charge on any atom is -0.456 e. The Bertz CT molecular complexity index is 962. The molecule has 0 unspecified atom stereocenters. The molecular weight excluding hydrogens is 410 g/mol. The molecule has 2 N–H and O–H groups in total. The van der Waals surface area contributed by atoms with Crippen molar-refractivity contribution in [1.82, 2.24) is 14.8 Å². The Balaban J connectivity index is 1.32. The van der Waals surface area contributed by atoms with Gasteiger partial charge in [-0.2, -0.15) is 5.10 Å². The summed E-state index contributed by atoms with van der Waals surface area (Å²) in [5.74, 6) is 5.34. The summed E-state index contributed by atoms with van der Waals surface area (Å²) >= 11 is 0. The van der Waals surface area contributed by atoms with Crippen molar-refractivity contribution in [2.45, 2.75) is 51.6 Å². The van der Waals surface area contributed by atoms with Crippen LogP contribution < -0.4 is 5.84 Å². The topological polar surface area (TPSA) is 126 Å². The van der Waals surface area contributed by atoms with Gasteiger partial charge in [0.1, 0.15) is 6.61 Å². The number of cyclic esters (lactones) is 1. The van der Waals surface area contributed by atoms with E-state index in [1.807, 2.05) is 12.1 Å². The van der Waals surface area contributed by atoms with Gasteiger partial charge in [0.25, 0.3) is 0 Å². The number of likely N-dealkylation sites (tertiary alicyclic amines) is 1. The van der Waals surface area contributed by atoms with E-state index in [2.05, 4.69) is 32.3 Å². The number of hydrogen-bond donors (Lipinski definition) is 1. The van der Waals surface area contributed by atoms with Crippen molar-refractivity contribution in [3.63, 3.8) is 0 Å². The van der Waals surface area contributed by atoms with Crippen LogP contribution in [-0.4, -0.2) is 59.2 Å². The fourth-order valence-corrected chi connectivity index (χ4v) is 4.99. The first kappa shape index (κ1) is 22.1. The highest BCUT2D eigenvalue weighted by atomic mass is 16.5. The van der Waals surface area contributed by atoms with Crippen LogP contribution in [0.3, 0.4) is 0 Å². The Kier molecular flexibility index (Phi) is 6.31. The molecule has 1 spiro atoms. The van der Waals surface area contributed by atoms with Gasteiger partial charge in [-0.1, -0.05) is 6.07 Å². The van der Waals surface area contributed by atoms with Crippen LogP contribution in [0.1, 0.15) is 44.6 Å². The molecule has 3 aliphatic rings. The second kappa shape index (κ2) is 9.15. The highest BCUT2D eigenvalue weighted by Gasteiger charge is 2.50. The Labute approximate surface area is 187 Å². The largest absolute Gasteiger partial charge is 0.456 e. The number of amides is 1. The van der Waals surface area contributed by atoms with Gasteiger partial charge in [0.2, 0.25) is 5.91 Å². The van der Waals surface area contributed by atoms with Crippen LogP contribution in [0.25, 0.3) is 0 Å². The lowest BCUT2D eigenvalue weighted by Crippen LogP contribution is -2.42. The van der Waals surface area contributed by atoms with Gasteiger partial charge in [-0.15, -0.1) is 10.2 Å². The number of carbonyl (C=O) groups excluding carboxylic acids is 2. The van der Waals surface area contributed by atoms with E-state index < -0.39 is 0 Å². The zero-order chi connectivity index (χ0) is 22.7. The van der Waals surface area contributed by atoms with Crippen molar-refractivity contribution >= 4 is 24.0 Å². The SMILES string of the molecule is CC1=C(N2CCC3(CCC(N(C)Cc4ccc(N=NC=NN)nc4)CC3)C2=O)COC1=O. The molecule has 32 heavy (non-hydrogen) atoms. The first-order valence-corrected chi connectivity index (χ1v) is 10.9. The Morgan fingerprint density at radius 1 is 1.31 bits per heavy atom. The first-order valence-electron chi connectivity index (χ1n) is 10.9. The van der Waals surface area contributed by atoms with Gasteiger partial charge in [0, 0.05) is 25.3 Å². The lowest BCUT2D eigenvalue weighted by molar-refractivity contribution is -0.138. The molecular formula is C22H29N7O3. The summed E-state index contributed by atoms with van der Waals surface area (Å²) in [6, 6.07) is 4.22. The average Bonchev–Trinajstić information content (AvgIpc) is 3.29. The van der Waals surface area contributed by atoms with Crippen LogP contribution in [0.15, 0.2) is 44.9 Å². The van der Waals surface area contributed by atoms with Crippen molar-refractivity contribution in [1.29, 1.82) is 0 Å². The molecule has 1 aromatic heterocycles. The lowest BCUT2D eigenvalue weighted by atomic mass is 9.71. The third kappa shape index (κ3) is 4.27. The van der Waals surface area contributed by atoms with Gasteiger partial charge < -0.3 is 15.5 Å². The van der Waals surface area contributed by atoms with Gasteiger partial charge in [-0.25, -0.2) is 9.78 Å². The van der Waals surface area contributed by atoms with Gasteiger partial charge in [0.05, 0.1) is 16.7 Å². The maximum Gasteiger partial charge on any atom is 0.336 e. The number of hydrogen-bond acceptors (Lipinski definition) is 8. The van der Waals surface area contributed by atoms with Crippen LogP contribution in [0, 0.1) is 5.41 Å². The van der Waals surface area contributed by atoms with E-state index in [9.17, 15) is 9.59 Å². The second-order valence-corrected chi connectivity index (χ2v) is 8.79. The van der Waals surface area contributed by atoms with Crippen molar-refractivity contribution in [2.75, 3.05) is 20.2 Å². The number of ether oxygens (including phenoxy) is 1. The smallest absolute Gasteiger partial charge is 0.336 e. The van der Waals surface area contributed by atoms with Crippen LogP contribution in [-0.2, 0) is 20.9 Å². The summed E-state index contributed by atoms with van der Waals surface area (Å²) in [5, 5.41) is 10.8. The van der Waals surface area contributed by atoms with E-state index >= 15 is 0 Å². The molecule has 0 atom stereocenters. The molecule has 10 nitrogen and oxygen atoms in total. The number of esters is 1. The molecule has 1 aliphatic carbocycles. The average molecular weight is 440 g/mol. The number of rotatable bonds is 6. The molecule has 10 heteroatoms. The zero-order valence-electron chi connectivity index (χ0n) is 18.5. The van der Waals surface area contributed by atoms with E-state index in [1.165, 1.54) is 0 Å². The molecule has 1 amide bonds. The molecule has 0 aromatic carbocycles. The standard InChI is InChI=1S/C22H29N7O3/c1-15-18(13-32-20(15)30)29-10-9-22(21(29)31)7-5-17(6-8-22)28(2)12-16-3-4-19(24-11-16)27-26-14-25-23/h3-4,11,14,17H,5-10,12-13,23H2,1-2H3. The van der Waals surface area contributed by atoms with E-state index in [1.54, 1.807) is 18.0 Å². The summed E-state index contributed by atoms with van der Waals surface area (Å²) in [6.07, 6.45) is 7.50. The quantitative estimate of drug-likeness (QED) is 0.181. The molecule has 1 saturated carbocycles. The third-order valence-electron chi connectivity index (χ3n) is 6.97.